The van der Waals surface area contributed by atoms with Gasteiger partial charge in [0, 0.05) is 45.8 Å². The van der Waals surface area contributed by atoms with Gasteiger partial charge in [0.2, 0.25) is 5.56 Å². The predicted octanol–water partition coefficient (Wildman–Crippen LogP) is 0.892. The third-order valence-corrected chi connectivity index (χ3v) is 4.97. The van der Waals surface area contributed by atoms with Gasteiger partial charge in [-0.15, -0.1) is 0 Å². The second-order valence-electron chi connectivity index (χ2n) is 7.13. The lowest BCUT2D eigenvalue weighted by molar-refractivity contribution is 0.0958. The molecule has 168 valence electrons. The smallest absolute Gasteiger partial charge is 0.412 e. The number of hydrogen-bond donors (Lipinski definition) is 3. The van der Waals surface area contributed by atoms with Crippen LogP contribution in [0.5, 0.6) is 0 Å². The maximum Gasteiger partial charge on any atom is 0.412 e. The molecule has 11 nitrogen and oxygen atoms in total. The largest absolute Gasteiger partial charge is 0.450 e. The van der Waals surface area contributed by atoms with E-state index in [1.807, 2.05) is 0 Å². The van der Waals surface area contributed by atoms with Gasteiger partial charge in [-0.1, -0.05) is 0 Å². The Balaban J connectivity index is 1.64. The van der Waals surface area contributed by atoms with Crippen LogP contribution in [0, 0.1) is 11.3 Å². The van der Waals surface area contributed by atoms with Crippen molar-refractivity contribution in [2.24, 2.45) is 0 Å². The summed E-state index contributed by atoms with van der Waals surface area (Å²) in [6.45, 7) is 5.20. The van der Waals surface area contributed by atoms with Crippen LogP contribution in [-0.4, -0.2) is 66.7 Å². The van der Waals surface area contributed by atoms with E-state index in [-0.39, 0.29) is 35.3 Å². The van der Waals surface area contributed by atoms with E-state index in [1.165, 1.54) is 13.1 Å². The first kappa shape index (κ1) is 22.8. The molecule has 1 fully saturated rings. The van der Waals surface area contributed by atoms with Crippen LogP contribution in [0.25, 0.3) is 0 Å². The van der Waals surface area contributed by atoms with Crippen molar-refractivity contribution in [2.45, 2.75) is 13.5 Å². The SMILES string of the molecule is CCOC(=O)Nc1cc(CN2CCN(c3ccc(C(=O)NC)nc3C#N)CC2)cc(=O)[nH]1. The van der Waals surface area contributed by atoms with Gasteiger partial charge < -0.3 is 19.9 Å². The van der Waals surface area contributed by atoms with Gasteiger partial charge in [0.1, 0.15) is 17.6 Å². The average Bonchev–Trinajstić information content (AvgIpc) is 2.78. The first-order valence-electron chi connectivity index (χ1n) is 10.2. The minimum atomic E-state index is -0.627. The van der Waals surface area contributed by atoms with E-state index in [1.54, 1.807) is 25.1 Å². The zero-order chi connectivity index (χ0) is 23.1. The number of carbonyl (C=O) groups is 2. The summed E-state index contributed by atoms with van der Waals surface area (Å²) >= 11 is 0. The number of ether oxygens (including phenoxy) is 1. The van der Waals surface area contributed by atoms with Crippen LogP contribution in [0.4, 0.5) is 16.3 Å². The van der Waals surface area contributed by atoms with Gasteiger partial charge in [0.05, 0.1) is 12.3 Å². The van der Waals surface area contributed by atoms with Crippen molar-refractivity contribution in [3.63, 3.8) is 0 Å². The van der Waals surface area contributed by atoms with Gasteiger partial charge >= 0.3 is 6.09 Å². The molecule has 3 heterocycles. The van der Waals surface area contributed by atoms with Gasteiger partial charge in [-0.2, -0.15) is 5.26 Å². The van der Waals surface area contributed by atoms with E-state index >= 15 is 0 Å². The molecule has 0 radical (unpaired) electrons. The molecular weight excluding hydrogens is 414 g/mol. The van der Waals surface area contributed by atoms with Crippen LogP contribution in [0.3, 0.4) is 0 Å². The standard InChI is InChI=1S/C21H25N7O4/c1-3-32-21(31)26-18-10-14(11-19(29)25-18)13-27-6-8-28(9-7-27)17-5-4-15(20(30)23-2)24-16(17)12-22/h4-5,10-11H,3,6-9,13H2,1-2H3,(H,23,30)(H2,25,26,29,31). The lowest BCUT2D eigenvalue weighted by Crippen LogP contribution is -2.46. The van der Waals surface area contributed by atoms with E-state index in [9.17, 15) is 19.6 Å². The van der Waals surface area contributed by atoms with Crippen LogP contribution < -0.4 is 21.1 Å². The molecule has 0 atom stereocenters. The van der Waals surface area contributed by atoms with E-state index in [4.69, 9.17) is 4.74 Å². The molecule has 0 saturated carbocycles. The first-order valence-corrected chi connectivity index (χ1v) is 10.2. The summed E-state index contributed by atoms with van der Waals surface area (Å²) in [4.78, 5) is 46.3. The Morgan fingerprint density at radius 3 is 2.66 bits per heavy atom. The summed E-state index contributed by atoms with van der Waals surface area (Å²) < 4.78 is 4.84. The third kappa shape index (κ3) is 5.61. The Morgan fingerprint density at radius 1 is 1.25 bits per heavy atom. The highest BCUT2D eigenvalue weighted by atomic mass is 16.5. The Kier molecular flexibility index (Phi) is 7.41. The molecule has 0 unspecified atom stereocenters. The number of nitrogens with one attached hydrogen (secondary N) is 3. The molecule has 2 amide bonds. The van der Waals surface area contributed by atoms with E-state index in [0.717, 1.165) is 5.56 Å². The monoisotopic (exact) mass is 439 g/mol. The Bertz CT molecular complexity index is 1080. The lowest BCUT2D eigenvalue weighted by atomic mass is 10.2. The highest BCUT2D eigenvalue weighted by Crippen LogP contribution is 2.21. The highest BCUT2D eigenvalue weighted by Gasteiger charge is 2.21. The molecule has 3 N–H and O–H groups in total. The quantitative estimate of drug-likeness (QED) is 0.602. The number of aromatic nitrogens is 2. The minimum absolute atomic E-state index is 0.202. The summed E-state index contributed by atoms with van der Waals surface area (Å²) in [6.07, 6.45) is -0.627. The Labute approximate surface area is 185 Å². The van der Waals surface area contributed by atoms with Gasteiger partial charge in [-0.25, -0.2) is 9.78 Å². The molecule has 11 heteroatoms. The third-order valence-electron chi connectivity index (χ3n) is 4.97. The number of nitrogens with zero attached hydrogens (tertiary/aromatic N) is 4. The molecule has 0 aromatic carbocycles. The number of rotatable bonds is 6. The Morgan fingerprint density at radius 2 is 2.00 bits per heavy atom. The van der Waals surface area contributed by atoms with Crippen LogP contribution >= 0.6 is 0 Å². The zero-order valence-electron chi connectivity index (χ0n) is 18.0. The molecule has 0 spiro atoms. The van der Waals surface area contributed by atoms with E-state index in [2.05, 4.69) is 36.5 Å². The number of carbonyl (C=O) groups excluding carboxylic acids is 2. The van der Waals surface area contributed by atoms with E-state index < -0.39 is 6.09 Å². The fourth-order valence-electron chi connectivity index (χ4n) is 3.48. The van der Waals surface area contributed by atoms with Gasteiger partial charge in [-0.05, 0) is 30.7 Å². The molecule has 0 aliphatic carbocycles. The van der Waals surface area contributed by atoms with Crippen molar-refractivity contribution < 1.29 is 14.3 Å². The molecule has 1 saturated heterocycles. The number of H-pyrrole nitrogens is 1. The lowest BCUT2D eigenvalue weighted by Gasteiger charge is -2.36. The average molecular weight is 439 g/mol. The Hall–Kier alpha value is -3.91. The second kappa shape index (κ2) is 10.4. The molecular formula is C21H25N7O4. The number of nitriles is 1. The summed E-state index contributed by atoms with van der Waals surface area (Å²) in [6, 6.07) is 8.63. The van der Waals surface area contributed by atoms with E-state index in [0.29, 0.717) is 38.4 Å². The summed E-state index contributed by atoms with van der Waals surface area (Å²) in [5.41, 5.74) is 1.56. The van der Waals surface area contributed by atoms with Gasteiger partial charge in [0.15, 0.2) is 5.69 Å². The molecule has 3 rings (SSSR count). The zero-order valence-corrected chi connectivity index (χ0v) is 18.0. The van der Waals surface area contributed by atoms with Crippen molar-refractivity contribution in [3.8, 4) is 6.07 Å². The molecule has 2 aromatic heterocycles. The number of aromatic amines is 1. The van der Waals surface area contributed by atoms with Crippen LogP contribution in [0.1, 0.15) is 28.7 Å². The van der Waals surface area contributed by atoms with Gasteiger partial charge in [0.25, 0.3) is 5.91 Å². The summed E-state index contributed by atoms with van der Waals surface area (Å²) in [5, 5.41) is 14.5. The molecule has 32 heavy (non-hydrogen) atoms. The van der Waals surface area contributed by atoms with Gasteiger partial charge in [-0.3, -0.25) is 19.8 Å². The van der Waals surface area contributed by atoms with Crippen LogP contribution in [0.15, 0.2) is 29.1 Å². The first-order chi connectivity index (χ1) is 15.4. The molecule has 1 aliphatic heterocycles. The molecule has 0 bridgehead atoms. The van der Waals surface area contributed by atoms with Crippen molar-refractivity contribution in [2.75, 3.05) is 50.1 Å². The van der Waals surface area contributed by atoms with Crippen LogP contribution in [-0.2, 0) is 11.3 Å². The number of pyridine rings is 2. The molecule has 1 aliphatic rings. The van der Waals surface area contributed by atoms with Crippen LogP contribution in [0.2, 0.25) is 0 Å². The summed E-state index contributed by atoms with van der Waals surface area (Å²) in [5.74, 6) is -0.0574. The predicted molar refractivity (Wildman–Crippen MR) is 118 cm³/mol. The van der Waals surface area contributed by atoms with Crippen molar-refractivity contribution in [1.82, 2.24) is 20.2 Å². The topological polar surface area (TPSA) is 143 Å². The number of anilines is 2. The minimum Gasteiger partial charge on any atom is -0.450 e. The van der Waals surface area contributed by atoms with Crippen molar-refractivity contribution in [3.05, 3.63) is 51.6 Å². The maximum absolute atomic E-state index is 12.0. The number of amides is 2. The maximum atomic E-state index is 12.0. The normalized spacial score (nSPS) is 13.8. The molecule has 2 aromatic rings. The summed E-state index contributed by atoms with van der Waals surface area (Å²) in [7, 11) is 1.51. The number of hydrogen-bond acceptors (Lipinski definition) is 8. The van der Waals surface area contributed by atoms with Crippen molar-refractivity contribution >= 4 is 23.5 Å². The highest BCUT2D eigenvalue weighted by molar-refractivity contribution is 5.92. The second-order valence-corrected chi connectivity index (χ2v) is 7.13. The number of piperazine rings is 1. The van der Waals surface area contributed by atoms with Crippen molar-refractivity contribution in [1.29, 1.82) is 5.26 Å². The fourth-order valence-corrected chi connectivity index (χ4v) is 3.48. The fraction of sp³-hybridized carbons (Fsp3) is 0.381.